The molecule has 3 aromatic heterocycles. The molecule has 4 nitrogen and oxygen atoms in total. The molecule has 4 heteroatoms. The highest BCUT2D eigenvalue weighted by Gasteiger charge is 2.23. The summed E-state index contributed by atoms with van der Waals surface area (Å²) in [5, 5.41) is 8.85. The van der Waals surface area contributed by atoms with Crippen LogP contribution in [-0.4, -0.2) is 18.5 Å². The SMILES string of the molecule is c1ccc(-n2c3ccccc3n3c2nc2c4ccccc4n(-c4cccc(-c5ccc6c7ccccc7c7ccccc7c6c5)c4)c23)cc1. The van der Waals surface area contributed by atoms with Crippen LogP contribution in [0.1, 0.15) is 0 Å². The molecular weight excluding hydrogens is 597 g/mol. The van der Waals surface area contributed by atoms with Crippen LogP contribution in [0.4, 0.5) is 0 Å². The van der Waals surface area contributed by atoms with Crippen molar-refractivity contribution in [1.29, 1.82) is 0 Å². The summed E-state index contributed by atoms with van der Waals surface area (Å²) in [6.45, 7) is 0. The molecule has 0 saturated heterocycles. The van der Waals surface area contributed by atoms with Gasteiger partial charge >= 0.3 is 0 Å². The number of nitrogens with zero attached hydrogens (tertiary/aromatic N) is 4. The van der Waals surface area contributed by atoms with Crippen molar-refractivity contribution >= 4 is 71.2 Å². The van der Waals surface area contributed by atoms with Gasteiger partial charge in [0.1, 0.15) is 5.52 Å². The van der Waals surface area contributed by atoms with Gasteiger partial charge in [-0.1, -0.05) is 121 Å². The zero-order valence-corrected chi connectivity index (χ0v) is 26.5. The fourth-order valence-corrected chi connectivity index (χ4v) is 8.10. The molecular formula is C45H28N4. The van der Waals surface area contributed by atoms with Crippen LogP contribution in [0.3, 0.4) is 0 Å². The van der Waals surface area contributed by atoms with E-state index in [1.807, 2.05) is 0 Å². The Morgan fingerprint density at radius 1 is 0.347 bits per heavy atom. The standard InChI is InChI=1S/C45H28N4/c1-2-14-31(15-3-1)48-41-23-10-11-24-42(41)49-44-43(46-45(48)49)38-21-8-9-22-40(38)47(44)32-16-12-13-29(27-32)30-25-26-37-35-19-5-4-17-33(35)34-18-6-7-20-36(34)39(37)28-30/h1-28H. The summed E-state index contributed by atoms with van der Waals surface area (Å²) in [4.78, 5) is 5.38. The van der Waals surface area contributed by atoms with Crippen LogP contribution in [0, 0.1) is 0 Å². The van der Waals surface area contributed by atoms with Crippen molar-refractivity contribution in [3.05, 3.63) is 170 Å². The Bertz CT molecular complexity index is 3070. The molecule has 228 valence electrons. The van der Waals surface area contributed by atoms with Gasteiger partial charge in [-0.15, -0.1) is 0 Å². The fraction of sp³-hybridized carbons (Fsp3) is 0. The van der Waals surface area contributed by atoms with E-state index in [9.17, 15) is 0 Å². The molecule has 8 aromatic carbocycles. The average Bonchev–Trinajstić information content (AvgIpc) is 3.81. The minimum atomic E-state index is 0.904. The van der Waals surface area contributed by atoms with E-state index in [0.29, 0.717) is 0 Å². The van der Waals surface area contributed by atoms with Crippen molar-refractivity contribution in [3.63, 3.8) is 0 Å². The number of para-hydroxylation sites is 4. The molecule has 0 fully saturated rings. The molecule has 0 aliphatic carbocycles. The van der Waals surface area contributed by atoms with Crippen LogP contribution >= 0.6 is 0 Å². The van der Waals surface area contributed by atoms with Gasteiger partial charge in [0, 0.05) is 16.8 Å². The lowest BCUT2D eigenvalue weighted by Crippen LogP contribution is -1.98. The summed E-state index contributed by atoms with van der Waals surface area (Å²) >= 11 is 0. The predicted octanol–water partition coefficient (Wildman–Crippen LogP) is 11.5. The number of aromatic nitrogens is 4. The lowest BCUT2D eigenvalue weighted by molar-refractivity contribution is 1.08. The Hall–Kier alpha value is -6.65. The summed E-state index contributed by atoms with van der Waals surface area (Å²) in [6, 6.07) is 61.2. The summed E-state index contributed by atoms with van der Waals surface area (Å²) in [7, 11) is 0. The van der Waals surface area contributed by atoms with Gasteiger partial charge in [0.25, 0.3) is 0 Å². The second kappa shape index (κ2) is 9.93. The maximum Gasteiger partial charge on any atom is 0.221 e. The molecule has 0 atom stereocenters. The van der Waals surface area contributed by atoms with Gasteiger partial charge in [0.2, 0.25) is 5.78 Å². The summed E-state index contributed by atoms with van der Waals surface area (Å²) < 4.78 is 6.99. The maximum atomic E-state index is 5.38. The minimum Gasteiger partial charge on any atom is -0.294 e. The molecule has 49 heavy (non-hydrogen) atoms. The zero-order valence-electron chi connectivity index (χ0n) is 26.5. The first kappa shape index (κ1) is 26.4. The second-order valence-electron chi connectivity index (χ2n) is 12.8. The third-order valence-corrected chi connectivity index (χ3v) is 10.2. The first-order valence-corrected chi connectivity index (χ1v) is 16.7. The van der Waals surface area contributed by atoms with E-state index < -0.39 is 0 Å². The van der Waals surface area contributed by atoms with E-state index in [1.165, 1.54) is 43.4 Å². The van der Waals surface area contributed by atoms with Crippen LogP contribution in [0.5, 0.6) is 0 Å². The highest BCUT2D eigenvalue weighted by Crippen LogP contribution is 2.39. The van der Waals surface area contributed by atoms with Gasteiger partial charge in [0.15, 0.2) is 5.65 Å². The summed E-state index contributed by atoms with van der Waals surface area (Å²) in [6.07, 6.45) is 0. The van der Waals surface area contributed by atoms with E-state index in [1.54, 1.807) is 0 Å². The van der Waals surface area contributed by atoms with Crippen LogP contribution in [-0.2, 0) is 0 Å². The smallest absolute Gasteiger partial charge is 0.221 e. The Labute approximate surface area is 281 Å². The Morgan fingerprint density at radius 3 is 1.63 bits per heavy atom. The summed E-state index contributed by atoms with van der Waals surface area (Å²) in [5.41, 5.74) is 10.0. The highest BCUT2D eigenvalue weighted by atomic mass is 15.3. The van der Waals surface area contributed by atoms with Crippen LogP contribution < -0.4 is 0 Å². The molecule has 0 bridgehead atoms. The number of hydrogen-bond donors (Lipinski definition) is 0. The van der Waals surface area contributed by atoms with Crippen molar-refractivity contribution in [3.8, 4) is 22.5 Å². The molecule has 3 heterocycles. The molecule has 0 aliphatic rings. The van der Waals surface area contributed by atoms with E-state index >= 15 is 0 Å². The van der Waals surface area contributed by atoms with Crippen molar-refractivity contribution < 1.29 is 0 Å². The quantitative estimate of drug-likeness (QED) is 0.180. The fourth-order valence-electron chi connectivity index (χ4n) is 8.10. The van der Waals surface area contributed by atoms with Gasteiger partial charge in [-0.05, 0) is 92.0 Å². The first-order valence-electron chi connectivity index (χ1n) is 16.7. The van der Waals surface area contributed by atoms with Gasteiger partial charge in [-0.3, -0.25) is 13.5 Å². The molecule has 0 spiro atoms. The minimum absolute atomic E-state index is 0.904. The zero-order chi connectivity index (χ0) is 32.1. The van der Waals surface area contributed by atoms with Crippen LogP contribution in [0.25, 0.3) is 93.7 Å². The first-order chi connectivity index (χ1) is 24.3. The molecule has 0 radical (unpaired) electrons. The largest absolute Gasteiger partial charge is 0.294 e. The maximum absolute atomic E-state index is 5.38. The van der Waals surface area contributed by atoms with Gasteiger partial charge < -0.3 is 0 Å². The van der Waals surface area contributed by atoms with Crippen LogP contribution in [0.2, 0.25) is 0 Å². The normalized spacial score (nSPS) is 12.1. The van der Waals surface area contributed by atoms with Crippen molar-refractivity contribution in [2.75, 3.05) is 0 Å². The number of imidazole rings is 2. The molecule has 0 N–H and O–H groups in total. The van der Waals surface area contributed by atoms with Gasteiger partial charge in [0.05, 0.1) is 16.6 Å². The molecule has 0 amide bonds. The molecule has 0 unspecified atom stereocenters. The lowest BCUT2D eigenvalue weighted by Gasteiger charge is -2.13. The molecule has 11 aromatic rings. The Morgan fingerprint density at radius 2 is 0.898 bits per heavy atom. The topological polar surface area (TPSA) is 27.2 Å². The average molecular weight is 625 g/mol. The third-order valence-electron chi connectivity index (χ3n) is 10.2. The highest BCUT2D eigenvalue weighted by molar-refractivity contribution is 6.25. The third kappa shape index (κ3) is 3.66. The van der Waals surface area contributed by atoms with E-state index in [0.717, 1.165) is 50.3 Å². The van der Waals surface area contributed by atoms with Crippen molar-refractivity contribution in [2.45, 2.75) is 0 Å². The second-order valence-corrected chi connectivity index (χ2v) is 12.8. The molecule has 0 saturated carbocycles. The number of hydrogen-bond acceptors (Lipinski definition) is 1. The number of fused-ring (bicyclic) bond motifs is 13. The van der Waals surface area contributed by atoms with E-state index in [-0.39, 0.29) is 0 Å². The summed E-state index contributed by atoms with van der Waals surface area (Å²) in [5.74, 6) is 0.904. The van der Waals surface area contributed by atoms with Crippen LogP contribution in [0.15, 0.2) is 170 Å². The molecule has 0 aliphatic heterocycles. The number of benzene rings is 8. The monoisotopic (exact) mass is 624 g/mol. The van der Waals surface area contributed by atoms with Crippen molar-refractivity contribution in [2.24, 2.45) is 0 Å². The molecule has 11 rings (SSSR count). The Kier molecular flexibility index (Phi) is 5.35. The van der Waals surface area contributed by atoms with E-state index in [4.69, 9.17) is 4.98 Å². The number of rotatable bonds is 3. The lowest BCUT2D eigenvalue weighted by atomic mass is 9.92. The Balaban J connectivity index is 1.19. The van der Waals surface area contributed by atoms with E-state index in [2.05, 4.69) is 183 Å². The van der Waals surface area contributed by atoms with Gasteiger partial charge in [-0.25, -0.2) is 4.98 Å². The predicted molar refractivity (Wildman–Crippen MR) is 204 cm³/mol. The van der Waals surface area contributed by atoms with Gasteiger partial charge in [-0.2, -0.15) is 0 Å². The van der Waals surface area contributed by atoms with Crippen molar-refractivity contribution in [1.82, 2.24) is 18.5 Å².